The highest BCUT2D eigenvalue weighted by Crippen LogP contribution is 2.22. The van der Waals surface area contributed by atoms with Gasteiger partial charge in [0.2, 0.25) is 0 Å². The van der Waals surface area contributed by atoms with E-state index in [1.54, 1.807) is 13.3 Å². The fourth-order valence-electron chi connectivity index (χ4n) is 2.45. The van der Waals surface area contributed by atoms with Crippen molar-refractivity contribution in [3.63, 3.8) is 0 Å². The summed E-state index contributed by atoms with van der Waals surface area (Å²) in [6.07, 6.45) is 6.91. The third-order valence-electron chi connectivity index (χ3n) is 3.61. The van der Waals surface area contributed by atoms with Crippen LogP contribution in [-0.4, -0.2) is 48.2 Å². The first kappa shape index (κ1) is 14.3. The lowest BCUT2D eigenvalue weighted by Crippen LogP contribution is -2.33. The molecule has 1 aliphatic carbocycles. The van der Waals surface area contributed by atoms with Crippen molar-refractivity contribution in [2.75, 3.05) is 32.6 Å². The van der Waals surface area contributed by atoms with Crippen LogP contribution in [0.4, 0.5) is 5.82 Å². The maximum absolute atomic E-state index is 6.04. The predicted octanol–water partition coefficient (Wildman–Crippen LogP) is 2.42. The van der Waals surface area contributed by atoms with Crippen LogP contribution in [0.5, 0.6) is 6.01 Å². The molecule has 0 spiro atoms. The SMILES string of the molecule is COc1ncc(Cl)c(NCCN(C)C2CCCC2)n1. The Bertz CT molecular complexity index is 410. The van der Waals surface area contributed by atoms with Crippen molar-refractivity contribution < 1.29 is 4.74 Å². The number of aromatic nitrogens is 2. The Balaban J connectivity index is 1.81. The van der Waals surface area contributed by atoms with Crippen LogP contribution in [0.25, 0.3) is 0 Å². The molecule has 1 aromatic rings. The lowest BCUT2D eigenvalue weighted by Gasteiger charge is -2.24. The number of ether oxygens (including phenoxy) is 1. The standard InChI is InChI=1S/C13H21ClN4O/c1-18(10-5-3-4-6-10)8-7-15-12-11(14)9-16-13(17-12)19-2/h9-10H,3-8H2,1-2H3,(H,15,16,17). The maximum atomic E-state index is 6.04. The minimum Gasteiger partial charge on any atom is -0.467 e. The summed E-state index contributed by atoms with van der Waals surface area (Å²) in [6.45, 7) is 1.79. The fraction of sp³-hybridized carbons (Fsp3) is 0.692. The van der Waals surface area contributed by atoms with Gasteiger partial charge in [-0.3, -0.25) is 0 Å². The summed E-state index contributed by atoms with van der Waals surface area (Å²) in [4.78, 5) is 10.5. The van der Waals surface area contributed by atoms with Crippen LogP contribution in [-0.2, 0) is 0 Å². The lowest BCUT2D eigenvalue weighted by atomic mass is 10.2. The third kappa shape index (κ3) is 3.94. The molecule has 1 heterocycles. The third-order valence-corrected chi connectivity index (χ3v) is 3.89. The molecule has 2 rings (SSSR count). The first-order chi connectivity index (χ1) is 9.20. The van der Waals surface area contributed by atoms with Gasteiger partial charge in [-0.25, -0.2) is 4.98 Å². The van der Waals surface area contributed by atoms with E-state index in [9.17, 15) is 0 Å². The molecular weight excluding hydrogens is 264 g/mol. The van der Waals surface area contributed by atoms with E-state index in [1.807, 2.05) is 0 Å². The van der Waals surface area contributed by atoms with Gasteiger partial charge in [0, 0.05) is 19.1 Å². The molecule has 1 aromatic heterocycles. The van der Waals surface area contributed by atoms with E-state index in [1.165, 1.54) is 25.7 Å². The molecule has 0 aromatic carbocycles. The normalized spacial score (nSPS) is 16.0. The second-order valence-electron chi connectivity index (χ2n) is 4.90. The molecule has 0 radical (unpaired) electrons. The van der Waals surface area contributed by atoms with Crippen LogP contribution >= 0.6 is 11.6 Å². The van der Waals surface area contributed by atoms with Gasteiger partial charge in [0.05, 0.1) is 13.3 Å². The number of halogens is 1. The fourth-order valence-corrected chi connectivity index (χ4v) is 2.61. The first-order valence-electron chi connectivity index (χ1n) is 6.71. The number of methoxy groups -OCH3 is 1. The number of nitrogens with one attached hydrogen (secondary N) is 1. The number of anilines is 1. The quantitative estimate of drug-likeness (QED) is 0.869. The molecule has 1 fully saturated rings. The molecule has 0 bridgehead atoms. The van der Waals surface area contributed by atoms with Crippen LogP contribution < -0.4 is 10.1 Å². The van der Waals surface area contributed by atoms with Gasteiger partial charge in [-0.2, -0.15) is 4.98 Å². The Labute approximate surface area is 119 Å². The van der Waals surface area contributed by atoms with Crippen LogP contribution in [0.15, 0.2) is 6.20 Å². The van der Waals surface area contributed by atoms with Crippen molar-refractivity contribution in [3.8, 4) is 6.01 Å². The molecule has 106 valence electrons. The van der Waals surface area contributed by atoms with Gasteiger partial charge >= 0.3 is 6.01 Å². The Hall–Kier alpha value is -1.07. The molecular formula is C13H21ClN4O. The Morgan fingerprint density at radius 3 is 2.89 bits per heavy atom. The van der Waals surface area contributed by atoms with E-state index in [4.69, 9.17) is 16.3 Å². The lowest BCUT2D eigenvalue weighted by molar-refractivity contribution is 0.254. The summed E-state index contributed by atoms with van der Waals surface area (Å²) in [5, 5.41) is 3.76. The zero-order valence-electron chi connectivity index (χ0n) is 11.5. The van der Waals surface area contributed by atoms with Gasteiger partial charge in [-0.05, 0) is 19.9 Å². The van der Waals surface area contributed by atoms with Crippen molar-refractivity contribution in [2.45, 2.75) is 31.7 Å². The van der Waals surface area contributed by atoms with E-state index in [2.05, 4.69) is 27.2 Å². The van der Waals surface area contributed by atoms with Crippen molar-refractivity contribution in [2.24, 2.45) is 0 Å². The number of rotatable bonds is 6. The van der Waals surface area contributed by atoms with Gasteiger partial charge < -0.3 is 15.0 Å². The van der Waals surface area contributed by atoms with E-state index in [0.717, 1.165) is 19.1 Å². The molecule has 1 aliphatic rings. The molecule has 0 aliphatic heterocycles. The highest BCUT2D eigenvalue weighted by atomic mass is 35.5. The van der Waals surface area contributed by atoms with Gasteiger partial charge in [0.15, 0.2) is 5.82 Å². The average Bonchev–Trinajstić information content (AvgIpc) is 2.95. The highest BCUT2D eigenvalue weighted by Gasteiger charge is 2.18. The number of hydrogen-bond donors (Lipinski definition) is 1. The Morgan fingerprint density at radius 2 is 2.21 bits per heavy atom. The molecule has 1 saturated carbocycles. The molecule has 5 nitrogen and oxygen atoms in total. The van der Waals surface area contributed by atoms with Crippen LogP contribution in [0.3, 0.4) is 0 Å². The first-order valence-corrected chi connectivity index (χ1v) is 7.09. The smallest absolute Gasteiger partial charge is 0.318 e. The minimum atomic E-state index is 0.330. The predicted molar refractivity (Wildman–Crippen MR) is 77.0 cm³/mol. The summed E-state index contributed by atoms with van der Waals surface area (Å²) in [5.41, 5.74) is 0. The van der Waals surface area contributed by atoms with Crippen LogP contribution in [0.1, 0.15) is 25.7 Å². The monoisotopic (exact) mass is 284 g/mol. The van der Waals surface area contributed by atoms with E-state index in [-0.39, 0.29) is 0 Å². The van der Waals surface area contributed by atoms with E-state index in [0.29, 0.717) is 16.9 Å². The maximum Gasteiger partial charge on any atom is 0.318 e. The van der Waals surface area contributed by atoms with Gasteiger partial charge in [0.25, 0.3) is 0 Å². The van der Waals surface area contributed by atoms with Gasteiger partial charge in [0.1, 0.15) is 5.02 Å². The molecule has 0 amide bonds. The van der Waals surface area contributed by atoms with Crippen LogP contribution in [0, 0.1) is 0 Å². The molecule has 0 atom stereocenters. The van der Waals surface area contributed by atoms with E-state index < -0.39 is 0 Å². The van der Waals surface area contributed by atoms with Crippen LogP contribution in [0.2, 0.25) is 5.02 Å². The van der Waals surface area contributed by atoms with E-state index >= 15 is 0 Å². The largest absolute Gasteiger partial charge is 0.467 e. The molecule has 19 heavy (non-hydrogen) atoms. The average molecular weight is 285 g/mol. The number of likely N-dealkylation sites (N-methyl/N-ethyl adjacent to an activating group) is 1. The Kier molecular flexibility index (Phi) is 5.22. The summed E-state index contributed by atoms with van der Waals surface area (Å²) in [7, 11) is 3.72. The summed E-state index contributed by atoms with van der Waals surface area (Å²) < 4.78 is 4.99. The topological polar surface area (TPSA) is 50.3 Å². The molecule has 0 unspecified atom stereocenters. The highest BCUT2D eigenvalue weighted by molar-refractivity contribution is 6.32. The second kappa shape index (κ2) is 6.91. The second-order valence-corrected chi connectivity index (χ2v) is 5.31. The molecule has 6 heteroatoms. The molecule has 0 saturated heterocycles. The molecule has 1 N–H and O–H groups in total. The summed E-state index contributed by atoms with van der Waals surface area (Å²) >= 11 is 6.04. The van der Waals surface area contributed by atoms with Crippen molar-refractivity contribution >= 4 is 17.4 Å². The van der Waals surface area contributed by atoms with Gasteiger partial charge in [-0.1, -0.05) is 24.4 Å². The zero-order chi connectivity index (χ0) is 13.7. The summed E-state index contributed by atoms with van der Waals surface area (Å²) in [6, 6.07) is 1.06. The van der Waals surface area contributed by atoms with Crippen molar-refractivity contribution in [3.05, 3.63) is 11.2 Å². The Morgan fingerprint density at radius 1 is 1.47 bits per heavy atom. The minimum absolute atomic E-state index is 0.330. The number of hydrogen-bond acceptors (Lipinski definition) is 5. The van der Waals surface area contributed by atoms with Crippen molar-refractivity contribution in [1.29, 1.82) is 0 Å². The summed E-state index contributed by atoms with van der Waals surface area (Å²) in [5.74, 6) is 0.633. The zero-order valence-corrected chi connectivity index (χ0v) is 12.3. The van der Waals surface area contributed by atoms with Crippen molar-refractivity contribution in [1.82, 2.24) is 14.9 Å². The van der Waals surface area contributed by atoms with Gasteiger partial charge in [-0.15, -0.1) is 0 Å². The number of nitrogens with zero attached hydrogens (tertiary/aromatic N) is 3.